The monoisotopic (exact) mass is 249 g/mol. The van der Waals surface area contributed by atoms with Crippen LogP contribution in [-0.2, 0) is 0 Å². The molecule has 1 fully saturated rings. The third-order valence-electron chi connectivity index (χ3n) is 4.07. The Morgan fingerprint density at radius 1 is 1.33 bits per heavy atom. The average molecular weight is 249 g/mol. The second-order valence-corrected chi connectivity index (χ2v) is 5.87. The van der Waals surface area contributed by atoms with E-state index in [1.54, 1.807) is 6.07 Å². The Morgan fingerprint density at radius 2 is 2.11 bits per heavy atom. The van der Waals surface area contributed by atoms with Gasteiger partial charge in [-0.2, -0.15) is 0 Å². The minimum atomic E-state index is -0.0602. The van der Waals surface area contributed by atoms with E-state index in [4.69, 9.17) is 0 Å². The molecule has 2 heteroatoms. The molecule has 1 saturated carbocycles. The van der Waals surface area contributed by atoms with Crippen molar-refractivity contribution >= 4 is 0 Å². The van der Waals surface area contributed by atoms with E-state index in [1.807, 2.05) is 13.0 Å². The molecular formula is C16H24FN. The molecule has 1 N–H and O–H groups in total. The minimum Gasteiger partial charge on any atom is -0.314 e. The molecule has 1 aliphatic rings. The average Bonchev–Trinajstić information content (AvgIpc) is 2.78. The molecule has 0 spiro atoms. The van der Waals surface area contributed by atoms with Gasteiger partial charge >= 0.3 is 0 Å². The Hall–Kier alpha value is -0.890. The van der Waals surface area contributed by atoms with Crippen LogP contribution in [0.3, 0.4) is 0 Å². The lowest BCUT2D eigenvalue weighted by Crippen LogP contribution is -2.30. The summed E-state index contributed by atoms with van der Waals surface area (Å²) in [6.07, 6.45) is 3.73. The molecule has 0 amide bonds. The van der Waals surface area contributed by atoms with Gasteiger partial charge in [0.25, 0.3) is 0 Å². The summed E-state index contributed by atoms with van der Waals surface area (Å²) in [5, 5.41) is 3.52. The number of rotatable bonds is 4. The van der Waals surface area contributed by atoms with E-state index in [-0.39, 0.29) is 5.82 Å². The Balaban J connectivity index is 2.08. The van der Waals surface area contributed by atoms with Gasteiger partial charge in [0.05, 0.1) is 0 Å². The van der Waals surface area contributed by atoms with Gasteiger partial charge in [-0.3, -0.25) is 0 Å². The number of halogens is 1. The minimum absolute atomic E-state index is 0.0602. The predicted molar refractivity (Wildman–Crippen MR) is 74.4 cm³/mol. The lowest BCUT2D eigenvalue weighted by Gasteiger charge is -2.22. The highest BCUT2D eigenvalue weighted by Gasteiger charge is 2.28. The van der Waals surface area contributed by atoms with Crippen LogP contribution in [0, 0.1) is 18.7 Å². The first-order chi connectivity index (χ1) is 8.58. The smallest absolute Gasteiger partial charge is 0.126 e. The van der Waals surface area contributed by atoms with Gasteiger partial charge in [0.2, 0.25) is 0 Å². The van der Waals surface area contributed by atoms with E-state index in [0.717, 1.165) is 12.1 Å². The van der Waals surface area contributed by atoms with Crippen LogP contribution in [0.5, 0.6) is 0 Å². The topological polar surface area (TPSA) is 12.0 Å². The van der Waals surface area contributed by atoms with Crippen molar-refractivity contribution < 1.29 is 4.39 Å². The number of hydrogen-bond donors (Lipinski definition) is 1. The van der Waals surface area contributed by atoms with Crippen molar-refractivity contribution in [2.45, 2.75) is 52.0 Å². The third kappa shape index (κ3) is 3.11. The standard InChI is InChI=1S/C16H24FN/c1-11(2)18-10-14-5-4-6-15(14)13-8-7-12(3)16(17)9-13/h7-9,11,14-15,18H,4-6,10H2,1-3H3. The van der Waals surface area contributed by atoms with Gasteiger partial charge in [-0.1, -0.05) is 32.4 Å². The fourth-order valence-corrected chi connectivity index (χ4v) is 2.95. The first kappa shape index (κ1) is 13.5. The molecule has 18 heavy (non-hydrogen) atoms. The van der Waals surface area contributed by atoms with Crippen molar-refractivity contribution in [1.82, 2.24) is 5.32 Å². The normalized spacial score (nSPS) is 23.8. The maximum absolute atomic E-state index is 13.7. The molecule has 1 aromatic rings. The summed E-state index contributed by atoms with van der Waals surface area (Å²) in [7, 11) is 0. The van der Waals surface area contributed by atoms with Crippen LogP contribution >= 0.6 is 0 Å². The summed E-state index contributed by atoms with van der Waals surface area (Å²) in [6, 6.07) is 6.29. The van der Waals surface area contributed by atoms with Crippen molar-refractivity contribution in [3.63, 3.8) is 0 Å². The molecule has 1 aromatic carbocycles. The Labute approximate surface area is 110 Å². The van der Waals surface area contributed by atoms with Crippen molar-refractivity contribution in [3.05, 3.63) is 35.1 Å². The molecule has 0 aliphatic heterocycles. The fourth-order valence-electron chi connectivity index (χ4n) is 2.95. The number of benzene rings is 1. The van der Waals surface area contributed by atoms with Crippen LogP contribution in [0.1, 0.15) is 50.2 Å². The third-order valence-corrected chi connectivity index (χ3v) is 4.07. The zero-order valence-corrected chi connectivity index (χ0v) is 11.7. The van der Waals surface area contributed by atoms with Gasteiger partial charge in [0.1, 0.15) is 5.82 Å². The highest BCUT2D eigenvalue weighted by Crippen LogP contribution is 2.39. The summed E-state index contributed by atoms with van der Waals surface area (Å²) in [4.78, 5) is 0. The first-order valence-corrected chi connectivity index (χ1v) is 7.07. The second kappa shape index (κ2) is 5.83. The van der Waals surface area contributed by atoms with Gasteiger partial charge in [0, 0.05) is 6.04 Å². The quantitative estimate of drug-likeness (QED) is 0.850. The molecular weight excluding hydrogens is 225 g/mol. The highest BCUT2D eigenvalue weighted by atomic mass is 19.1. The van der Waals surface area contributed by atoms with Crippen LogP contribution in [0.15, 0.2) is 18.2 Å². The lowest BCUT2D eigenvalue weighted by atomic mass is 9.88. The largest absolute Gasteiger partial charge is 0.314 e. The van der Waals surface area contributed by atoms with Crippen LogP contribution in [0.25, 0.3) is 0 Å². The van der Waals surface area contributed by atoms with E-state index in [1.165, 1.54) is 24.8 Å². The summed E-state index contributed by atoms with van der Waals surface area (Å²) in [5.41, 5.74) is 1.93. The van der Waals surface area contributed by atoms with Crippen molar-refractivity contribution in [2.75, 3.05) is 6.54 Å². The molecule has 2 atom stereocenters. The summed E-state index contributed by atoms with van der Waals surface area (Å²) in [5.74, 6) is 1.14. The van der Waals surface area contributed by atoms with Crippen LogP contribution in [-0.4, -0.2) is 12.6 Å². The number of nitrogens with one attached hydrogen (secondary N) is 1. The zero-order valence-electron chi connectivity index (χ0n) is 11.7. The lowest BCUT2D eigenvalue weighted by molar-refractivity contribution is 0.421. The van der Waals surface area contributed by atoms with Gasteiger partial charge < -0.3 is 5.32 Å². The number of aryl methyl sites for hydroxylation is 1. The van der Waals surface area contributed by atoms with Crippen molar-refractivity contribution in [1.29, 1.82) is 0 Å². The Kier molecular flexibility index (Phi) is 4.39. The summed E-state index contributed by atoms with van der Waals surface area (Å²) < 4.78 is 13.7. The molecule has 1 aliphatic carbocycles. The van der Waals surface area contributed by atoms with Crippen LogP contribution < -0.4 is 5.32 Å². The molecule has 2 unspecified atom stereocenters. The molecule has 2 rings (SSSR count). The van der Waals surface area contributed by atoms with E-state index >= 15 is 0 Å². The van der Waals surface area contributed by atoms with E-state index in [9.17, 15) is 4.39 Å². The molecule has 0 bridgehead atoms. The van der Waals surface area contributed by atoms with E-state index in [0.29, 0.717) is 17.9 Å². The first-order valence-electron chi connectivity index (χ1n) is 7.07. The maximum Gasteiger partial charge on any atom is 0.126 e. The van der Waals surface area contributed by atoms with Crippen LogP contribution in [0.4, 0.5) is 4.39 Å². The van der Waals surface area contributed by atoms with Crippen molar-refractivity contribution in [3.8, 4) is 0 Å². The van der Waals surface area contributed by atoms with Crippen LogP contribution in [0.2, 0.25) is 0 Å². The molecule has 1 nitrogen and oxygen atoms in total. The number of hydrogen-bond acceptors (Lipinski definition) is 1. The molecule has 0 saturated heterocycles. The van der Waals surface area contributed by atoms with Crippen molar-refractivity contribution in [2.24, 2.45) is 5.92 Å². The molecule has 0 radical (unpaired) electrons. The molecule has 0 aromatic heterocycles. The van der Waals surface area contributed by atoms with Gasteiger partial charge in [-0.05, 0) is 55.3 Å². The summed E-state index contributed by atoms with van der Waals surface area (Å²) >= 11 is 0. The van der Waals surface area contributed by atoms with Gasteiger partial charge in [-0.15, -0.1) is 0 Å². The molecule has 0 heterocycles. The predicted octanol–water partition coefficient (Wildman–Crippen LogP) is 4.02. The Morgan fingerprint density at radius 3 is 2.78 bits per heavy atom. The SMILES string of the molecule is Cc1ccc(C2CCCC2CNC(C)C)cc1F. The molecule has 100 valence electrons. The van der Waals surface area contributed by atoms with E-state index in [2.05, 4.69) is 25.2 Å². The van der Waals surface area contributed by atoms with E-state index < -0.39 is 0 Å². The fraction of sp³-hybridized carbons (Fsp3) is 0.625. The summed E-state index contributed by atoms with van der Waals surface area (Å²) in [6.45, 7) is 7.23. The van der Waals surface area contributed by atoms with Gasteiger partial charge in [-0.25, -0.2) is 4.39 Å². The van der Waals surface area contributed by atoms with Gasteiger partial charge in [0.15, 0.2) is 0 Å². The zero-order chi connectivity index (χ0) is 13.1. The second-order valence-electron chi connectivity index (χ2n) is 5.87. The Bertz CT molecular complexity index is 400. The highest BCUT2D eigenvalue weighted by molar-refractivity contribution is 5.27. The maximum atomic E-state index is 13.7.